The Hall–Kier alpha value is -1.43. The monoisotopic (exact) mass is 258 g/mol. The number of rotatable bonds is 6. The van der Waals surface area contributed by atoms with Gasteiger partial charge in [0.2, 0.25) is 0 Å². The third-order valence-electron chi connectivity index (χ3n) is 3.07. The minimum absolute atomic E-state index is 0.0448. The molecule has 0 aromatic carbocycles. The van der Waals surface area contributed by atoms with E-state index in [1.807, 2.05) is 0 Å². The van der Waals surface area contributed by atoms with Crippen molar-refractivity contribution in [1.29, 1.82) is 0 Å². The fraction of sp³-hybridized carbons (Fsp3) is 0.750. The van der Waals surface area contributed by atoms with Crippen LogP contribution in [0.15, 0.2) is 0 Å². The van der Waals surface area contributed by atoms with E-state index in [9.17, 15) is 14.4 Å². The third-order valence-corrected chi connectivity index (χ3v) is 3.07. The molecule has 1 saturated carbocycles. The van der Waals surface area contributed by atoms with Crippen molar-refractivity contribution >= 4 is 17.7 Å². The molecule has 1 rings (SSSR count). The fourth-order valence-electron chi connectivity index (χ4n) is 2.13. The van der Waals surface area contributed by atoms with Crippen LogP contribution in [0.4, 0.5) is 0 Å². The number of methoxy groups -OCH3 is 1. The quantitative estimate of drug-likeness (QED) is 0.399. The zero-order valence-corrected chi connectivity index (χ0v) is 10.7. The number of hydrogen-bond donors (Lipinski definition) is 0. The molecule has 0 saturated heterocycles. The molecule has 1 aliphatic carbocycles. The Morgan fingerprint density at radius 2 is 2.06 bits per heavy atom. The lowest BCUT2D eigenvalue weighted by atomic mass is 9.82. The van der Waals surface area contributed by atoms with Gasteiger partial charge in [-0.15, -0.1) is 0 Å². The molecule has 0 aromatic heterocycles. The summed E-state index contributed by atoms with van der Waals surface area (Å²) in [6.07, 6.45) is 1.63. The molecule has 0 heterocycles. The van der Waals surface area contributed by atoms with E-state index in [4.69, 9.17) is 9.47 Å². The lowest BCUT2D eigenvalue weighted by Gasteiger charge is -2.24. The summed E-state index contributed by atoms with van der Waals surface area (Å²) in [4.78, 5) is 34.5. The first-order valence-corrected chi connectivity index (χ1v) is 5.86. The smallest absolute Gasteiger partial charge is 0.321 e. The summed E-state index contributed by atoms with van der Waals surface area (Å²) in [5.74, 6) is -1.16. The van der Waals surface area contributed by atoms with Gasteiger partial charge < -0.3 is 14.2 Å². The Morgan fingerprint density at radius 1 is 1.33 bits per heavy atom. The first-order valence-electron chi connectivity index (χ1n) is 5.86. The number of ether oxygens (including phenoxy) is 3. The Kier molecular flexibility index (Phi) is 5.27. The standard InChI is InChI=1S/C12H18O6/c1-9(13)17-7-6-12(5-3-4-10(12)14)11(15)18-8-16-2/h3-8H2,1-2H3. The number of ketones is 1. The van der Waals surface area contributed by atoms with E-state index >= 15 is 0 Å². The molecule has 6 heteroatoms. The molecular formula is C12H18O6. The summed E-state index contributed by atoms with van der Waals surface area (Å²) in [6.45, 7) is 1.15. The highest BCUT2D eigenvalue weighted by atomic mass is 16.7. The lowest BCUT2D eigenvalue weighted by Crippen LogP contribution is -2.38. The summed E-state index contributed by atoms with van der Waals surface area (Å²) >= 11 is 0. The minimum atomic E-state index is -1.16. The van der Waals surface area contributed by atoms with Gasteiger partial charge in [0.1, 0.15) is 11.2 Å². The van der Waals surface area contributed by atoms with Crippen molar-refractivity contribution in [3.8, 4) is 0 Å². The molecule has 1 aliphatic rings. The average Bonchev–Trinajstić information content (AvgIpc) is 2.68. The predicted molar refractivity (Wildman–Crippen MR) is 60.5 cm³/mol. The van der Waals surface area contributed by atoms with Crippen molar-refractivity contribution < 1.29 is 28.6 Å². The van der Waals surface area contributed by atoms with Gasteiger partial charge in [0.15, 0.2) is 6.79 Å². The number of esters is 2. The maximum absolute atomic E-state index is 11.9. The molecule has 0 spiro atoms. The van der Waals surface area contributed by atoms with Crippen molar-refractivity contribution in [1.82, 2.24) is 0 Å². The van der Waals surface area contributed by atoms with Crippen LogP contribution in [0.5, 0.6) is 0 Å². The van der Waals surface area contributed by atoms with Crippen molar-refractivity contribution in [3.05, 3.63) is 0 Å². The zero-order chi connectivity index (χ0) is 13.6. The molecule has 0 amide bonds. The van der Waals surface area contributed by atoms with E-state index < -0.39 is 17.4 Å². The highest BCUT2D eigenvalue weighted by molar-refractivity contribution is 6.05. The predicted octanol–water partition coefficient (Wildman–Crippen LogP) is 0.826. The lowest BCUT2D eigenvalue weighted by molar-refractivity contribution is -0.170. The van der Waals surface area contributed by atoms with Crippen molar-refractivity contribution in [2.24, 2.45) is 5.41 Å². The van der Waals surface area contributed by atoms with Gasteiger partial charge in [0.25, 0.3) is 0 Å². The Bertz CT molecular complexity index is 337. The highest BCUT2D eigenvalue weighted by Crippen LogP contribution is 2.39. The molecule has 18 heavy (non-hydrogen) atoms. The first kappa shape index (κ1) is 14.6. The molecule has 1 atom stereocenters. The Morgan fingerprint density at radius 3 is 2.56 bits per heavy atom. The summed E-state index contributed by atoms with van der Waals surface area (Å²) < 4.78 is 14.3. The second-order valence-corrected chi connectivity index (χ2v) is 4.29. The Balaban J connectivity index is 2.67. The maximum atomic E-state index is 11.9. The van der Waals surface area contributed by atoms with E-state index in [0.29, 0.717) is 19.3 Å². The molecule has 1 unspecified atom stereocenters. The number of hydrogen-bond acceptors (Lipinski definition) is 6. The molecule has 0 radical (unpaired) electrons. The van der Waals surface area contributed by atoms with Crippen LogP contribution in [0.3, 0.4) is 0 Å². The second kappa shape index (κ2) is 6.49. The van der Waals surface area contributed by atoms with E-state index in [-0.39, 0.29) is 25.6 Å². The largest absolute Gasteiger partial charge is 0.466 e. The third kappa shape index (κ3) is 3.29. The minimum Gasteiger partial charge on any atom is -0.466 e. The van der Waals surface area contributed by atoms with Gasteiger partial charge in [0, 0.05) is 26.9 Å². The maximum Gasteiger partial charge on any atom is 0.321 e. The van der Waals surface area contributed by atoms with E-state index in [1.54, 1.807) is 0 Å². The summed E-state index contributed by atoms with van der Waals surface area (Å²) in [5.41, 5.74) is -1.16. The van der Waals surface area contributed by atoms with Gasteiger partial charge in [-0.1, -0.05) is 0 Å². The van der Waals surface area contributed by atoms with Crippen LogP contribution in [0.25, 0.3) is 0 Å². The molecule has 102 valence electrons. The van der Waals surface area contributed by atoms with E-state index in [0.717, 1.165) is 0 Å². The normalized spacial score (nSPS) is 22.9. The number of carbonyl (C=O) groups is 3. The van der Waals surface area contributed by atoms with Gasteiger partial charge in [-0.05, 0) is 12.8 Å². The molecular weight excluding hydrogens is 240 g/mol. The number of Topliss-reactive ketones (excluding diaryl/α,β-unsaturated/α-hetero) is 1. The van der Waals surface area contributed by atoms with Crippen LogP contribution < -0.4 is 0 Å². The molecule has 0 aliphatic heterocycles. The molecule has 0 N–H and O–H groups in total. The molecule has 6 nitrogen and oxygen atoms in total. The van der Waals surface area contributed by atoms with Crippen molar-refractivity contribution in [3.63, 3.8) is 0 Å². The van der Waals surface area contributed by atoms with E-state index in [1.165, 1.54) is 14.0 Å². The van der Waals surface area contributed by atoms with Gasteiger partial charge in [-0.3, -0.25) is 14.4 Å². The summed E-state index contributed by atoms with van der Waals surface area (Å²) in [7, 11) is 1.40. The first-order chi connectivity index (χ1) is 8.53. The van der Waals surface area contributed by atoms with Crippen LogP contribution in [0.2, 0.25) is 0 Å². The van der Waals surface area contributed by atoms with Gasteiger partial charge in [0.05, 0.1) is 6.61 Å². The van der Waals surface area contributed by atoms with Gasteiger partial charge >= 0.3 is 11.9 Å². The van der Waals surface area contributed by atoms with Gasteiger partial charge in [-0.2, -0.15) is 0 Å². The van der Waals surface area contributed by atoms with Crippen molar-refractivity contribution in [2.45, 2.75) is 32.6 Å². The fourth-order valence-corrected chi connectivity index (χ4v) is 2.13. The van der Waals surface area contributed by atoms with Crippen LogP contribution in [-0.2, 0) is 28.6 Å². The van der Waals surface area contributed by atoms with E-state index in [2.05, 4.69) is 4.74 Å². The van der Waals surface area contributed by atoms with Crippen molar-refractivity contribution in [2.75, 3.05) is 20.5 Å². The molecule has 0 bridgehead atoms. The topological polar surface area (TPSA) is 78.9 Å². The van der Waals surface area contributed by atoms with Crippen LogP contribution in [-0.4, -0.2) is 38.2 Å². The van der Waals surface area contributed by atoms with Crippen LogP contribution in [0, 0.1) is 5.41 Å². The molecule has 0 aromatic rings. The second-order valence-electron chi connectivity index (χ2n) is 4.29. The zero-order valence-electron chi connectivity index (χ0n) is 10.7. The average molecular weight is 258 g/mol. The Labute approximate surface area is 106 Å². The summed E-state index contributed by atoms with van der Waals surface area (Å²) in [6, 6.07) is 0. The van der Waals surface area contributed by atoms with Crippen LogP contribution >= 0.6 is 0 Å². The highest BCUT2D eigenvalue weighted by Gasteiger charge is 2.49. The van der Waals surface area contributed by atoms with Crippen LogP contribution in [0.1, 0.15) is 32.6 Å². The molecule has 1 fully saturated rings. The van der Waals surface area contributed by atoms with Gasteiger partial charge in [-0.25, -0.2) is 0 Å². The number of carbonyl (C=O) groups excluding carboxylic acids is 3. The SMILES string of the molecule is COCOC(=O)C1(CCOC(C)=O)CCCC1=O. The summed E-state index contributed by atoms with van der Waals surface area (Å²) in [5, 5.41) is 0.